The smallest absolute Gasteiger partial charge is 0.141 e. The van der Waals surface area contributed by atoms with E-state index in [1.165, 1.54) is 15.6 Å². The SMILES string of the molecule is O=C(Cc1csc2ccccc12)C1CCNC1. The van der Waals surface area contributed by atoms with Gasteiger partial charge in [0.25, 0.3) is 0 Å². The van der Waals surface area contributed by atoms with Gasteiger partial charge in [-0.05, 0) is 35.4 Å². The molecule has 1 N–H and O–H groups in total. The van der Waals surface area contributed by atoms with Crippen LogP contribution >= 0.6 is 11.3 Å². The molecule has 0 radical (unpaired) electrons. The third-order valence-corrected chi connectivity index (χ3v) is 4.45. The first-order valence-electron chi connectivity index (χ1n) is 6.03. The standard InChI is InChI=1S/C14H15NOS/c16-13(10-5-6-15-8-10)7-11-9-17-14-4-2-1-3-12(11)14/h1-4,9-10,15H,5-8H2. The lowest BCUT2D eigenvalue weighted by molar-refractivity contribution is -0.121. The average Bonchev–Trinajstić information content (AvgIpc) is 2.98. The lowest BCUT2D eigenvalue weighted by atomic mass is 9.97. The van der Waals surface area contributed by atoms with Gasteiger partial charge in [0.2, 0.25) is 0 Å². The van der Waals surface area contributed by atoms with Crippen LogP contribution in [-0.2, 0) is 11.2 Å². The van der Waals surface area contributed by atoms with Crippen molar-refractivity contribution in [2.75, 3.05) is 13.1 Å². The number of rotatable bonds is 3. The molecule has 2 nitrogen and oxygen atoms in total. The second kappa shape index (κ2) is 4.59. The molecule has 17 heavy (non-hydrogen) atoms. The van der Waals surface area contributed by atoms with E-state index in [0.29, 0.717) is 12.2 Å². The van der Waals surface area contributed by atoms with E-state index in [1.807, 2.05) is 12.1 Å². The molecule has 0 amide bonds. The minimum absolute atomic E-state index is 0.230. The molecule has 1 saturated heterocycles. The van der Waals surface area contributed by atoms with Crippen LogP contribution in [0, 0.1) is 5.92 Å². The quantitative estimate of drug-likeness (QED) is 0.900. The summed E-state index contributed by atoms with van der Waals surface area (Å²) >= 11 is 1.73. The number of hydrogen-bond acceptors (Lipinski definition) is 3. The Kier molecular flexibility index (Phi) is 2.95. The van der Waals surface area contributed by atoms with Gasteiger partial charge in [-0.2, -0.15) is 0 Å². The van der Waals surface area contributed by atoms with Crippen LogP contribution in [0.4, 0.5) is 0 Å². The van der Waals surface area contributed by atoms with Crippen molar-refractivity contribution in [3.8, 4) is 0 Å². The van der Waals surface area contributed by atoms with Gasteiger partial charge in [0.1, 0.15) is 5.78 Å². The van der Waals surface area contributed by atoms with E-state index < -0.39 is 0 Å². The molecule has 1 aliphatic heterocycles. The van der Waals surface area contributed by atoms with Crippen molar-refractivity contribution >= 4 is 27.2 Å². The molecule has 1 unspecified atom stereocenters. The van der Waals surface area contributed by atoms with Gasteiger partial charge < -0.3 is 5.32 Å². The summed E-state index contributed by atoms with van der Waals surface area (Å²) in [5, 5.41) is 6.63. The summed E-state index contributed by atoms with van der Waals surface area (Å²) in [7, 11) is 0. The average molecular weight is 245 g/mol. The van der Waals surface area contributed by atoms with Crippen LogP contribution in [0.1, 0.15) is 12.0 Å². The summed E-state index contributed by atoms with van der Waals surface area (Å²) in [4.78, 5) is 12.1. The third-order valence-electron chi connectivity index (χ3n) is 3.44. The Morgan fingerprint density at radius 1 is 1.41 bits per heavy atom. The summed E-state index contributed by atoms with van der Waals surface area (Å²) in [6.07, 6.45) is 1.59. The molecule has 3 heteroatoms. The first-order chi connectivity index (χ1) is 8.34. The topological polar surface area (TPSA) is 29.1 Å². The predicted molar refractivity (Wildman–Crippen MR) is 71.5 cm³/mol. The van der Waals surface area contributed by atoms with Gasteiger partial charge in [0.15, 0.2) is 0 Å². The summed E-state index contributed by atoms with van der Waals surface area (Å²) < 4.78 is 1.28. The molecule has 2 heterocycles. The number of thiophene rings is 1. The van der Waals surface area contributed by atoms with Crippen molar-refractivity contribution in [3.63, 3.8) is 0 Å². The first kappa shape index (κ1) is 10.9. The molecular weight excluding hydrogens is 230 g/mol. The van der Waals surface area contributed by atoms with Crippen LogP contribution in [0.25, 0.3) is 10.1 Å². The van der Waals surface area contributed by atoms with E-state index in [2.05, 4.69) is 22.8 Å². The highest BCUT2D eigenvalue weighted by molar-refractivity contribution is 7.17. The number of fused-ring (bicyclic) bond motifs is 1. The van der Waals surface area contributed by atoms with Crippen LogP contribution < -0.4 is 5.32 Å². The van der Waals surface area contributed by atoms with E-state index in [1.54, 1.807) is 11.3 Å². The molecule has 2 aromatic rings. The molecule has 0 spiro atoms. The van der Waals surface area contributed by atoms with Gasteiger partial charge in [-0.15, -0.1) is 11.3 Å². The Morgan fingerprint density at radius 3 is 3.12 bits per heavy atom. The van der Waals surface area contributed by atoms with E-state index in [4.69, 9.17) is 0 Å². The fourth-order valence-electron chi connectivity index (χ4n) is 2.43. The number of nitrogens with one attached hydrogen (secondary N) is 1. The van der Waals surface area contributed by atoms with Gasteiger partial charge in [0.05, 0.1) is 0 Å². The van der Waals surface area contributed by atoms with Crippen molar-refractivity contribution in [1.82, 2.24) is 5.32 Å². The molecule has 0 saturated carbocycles. The van der Waals surface area contributed by atoms with E-state index in [9.17, 15) is 4.79 Å². The molecule has 0 aliphatic carbocycles. The highest BCUT2D eigenvalue weighted by Gasteiger charge is 2.22. The molecule has 3 rings (SSSR count). The monoisotopic (exact) mass is 245 g/mol. The largest absolute Gasteiger partial charge is 0.316 e. The Bertz CT molecular complexity index is 540. The summed E-state index contributed by atoms with van der Waals surface area (Å²) in [5.41, 5.74) is 1.20. The highest BCUT2D eigenvalue weighted by atomic mass is 32.1. The van der Waals surface area contributed by atoms with E-state index in [0.717, 1.165) is 19.5 Å². The molecule has 1 aromatic heterocycles. The number of carbonyl (C=O) groups excluding carboxylic acids is 1. The second-order valence-corrected chi connectivity index (χ2v) is 5.50. The van der Waals surface area contributed by atoms with Crippen LogP contribution in [-0.4, -0.2) is 18.9 Å². The Balaban J connectivity index is 1.82. The first-order valence-corrected chi connectivity index (χ1v) is 6.91. The minimum Gasteiger partial charge on any atom is -0.316 e. The summed E-state index contributed by atoms with van der Waals surface area (Å²) in [5.74, 6) is 0.618. The zero-order valence-corrected chi connectivity index (χ0v) is 10.4. The zero-order chi connectivity index (χ0) is 11.7. The Labute approximate surface area is 105 Å². The van der Waals surface area contributed by atoms with Crippen LogP contribution in [0.5, 0.6) is 0 Å². The third kappa shape index (κ3) is 2.13. The minimum atomic E-state index is 0.230. The van der Waals surface area contributed by atoms with Gasteiger partial charge in [-0.3, -0.25) is 4.79 Å². The van der Waals surface area contributed by atoms with Crippen molar-refractivity contribution in [3.05, 3.63) is 35.2 Å². The molecule has 1 aromatic carbocycles. The van der Waals surface area contributed by atoms with Gasteiger partial charge in [-0.1, -0.05) is 18.2 Å². The summed E-state index contributed by atoms with van der Waals surface area (Å²) in [6.45, 7) is 1.85. The molecule has 1 atom stereocenters. The lowest BCUT2D eigenvalue weighted by Gasteiger charge is -2.06. The van der Waals surface area contributed by atoms with Gasteiger partial charge >= 0.3 is 0 Å². The maximum Gasteiger partial charge on any atom is 0.141 e. The molecule has 1 aliphatic rings. The van der Waals surface area contributed by atoms with E-state index >= 15 is 0 Å². The molecule has 0 bridgehead atoms. The van der Waals surface area contributed by atoms with Crippen molar-refractivity contribution < 1.29 is 4.79 Å². The number of carbonyl (C=O) groups is 1. The predicted octanol–water partition coefficient (Wildman–Crippen LogP) is 2.62. The van der Waals surface area contributed by atoms with E-state index in [-0.39, 0.29) is 5.92 Å². The number of hydrogen-bond donors (Lipinski definition) is 1. The molecular formula is C14H15NOS. The fraction of sp³-hybridized carbons (Fsp3) is 0.357. The normalized spacial score (nSPS) is 19.9. The van der Waals surface area contributed by atoms with Crippen molar-refractivity contribution in [2.24, 2.45) is 5.92 Å². The molecule has 88 valence electrons. The Morgan fingerprint density at radius 2 is 2.29 bits per heavy atom. The fourth-order valence-corrected chi connectivity index (χ4v) is 3.39. The summed E-state index contributed by atoms with van der Waals surface area (Å²) in [6, 6.07) is 8.32. The number of ketones is 1. The lowest BCUT2D eigenvalue weighted by Crippen LogP contribution is -2.19. The Hall–Kier alpha value is -1.19. The maximum atomic E-state index is 12.1. The number of Topliss-reactive ketones (excluding diaryl/α,β-unsaturated/α-hetero) is 1. The maximum absolute atomic E-state index is 12.1. The van der Waals surface area contributed by atoms with Gasteiger partial charge in [0, 0.05) is 23.6 Å². The number of benzene rings is 1. The highest BCUT2D eigenvalue weighted by Crippen LogP contribution is 2.27. The van der Waals surface area contributed by atoms with Crippen molar-refractivity contribution in [1.29, 1.82) is 0 Å². The van der Waals surface area contributed by atoms with Crippen LogP contribution in [0.3, 0.4) is 0 Å². The second-order valence-electron chi connectivity index (χ2n) is 4.59. The zero-order valence-electron chi connectivity index (χ0n) is 9.61. The van der Waals surface area contributed by atoms with Crippen molar-refractivity contribution in [2.45, 2.75) is 12.8 Å². The van der Waals surface area contributed by atoms with Crippen LogP contribution in [0.15, 0.2) is 29.6 Å². The van der Waals surface area contributed by atoms with Gasteiger partial charge in [-0.25, -0.2) is 0 Å². The molecule has 1 fully saturated rings. The van der Waals surface area contributed by atoms with Crippen LogP contribution in [0.2, 0.25) is 0 Å².